The standard InChI is InChI=1S/C26H35NO3/c1-4-29-19-13-17(14-27-15-19)21-7-8-22-20-6-5-18-16-30-24(28)10-12-25(18,2)23(20)9-11-26(21,22)3/h7,13-15,18,20,22-23H,4-6,8-12,16H2,1-3H3. The average Bonchev–Trinajstić information content (AvgIpc) is 3.01. The Morgan fingerprint density at radius 3 is 2.87 bits per heavy atom. The molecule has 2 saturated carbocycles. The van der Waals surface area contributed by atoms with Crippen LogP contribution in [0.1, 0.15) is 71.3 Å². The van der Waals surface area contributed by atoms with Gasteiger partial charge in [0.15, 0.2) is 0 Å². The van der Waals surface area contributed by atoms with E-state index in [4.69, 9.17) is 9.47 Å². The number of pyridine rings is 1. The molecule has 4 aliphatic rings. The van der Waals surface area contributed by atoms with E-state index in [1.807, 2.05) is 19.3 Å². The Hall–Kier alpha value is -1.84. The molecule has 0 amide bonds. The van der Waals surface area contributed by atoms with Gasteiger partial charge in [-0.25, -0.2) is 0 Å². The Bertz CT molecular complexity index is 864. The fourth-order valence-electron chi connectivity index (χ4n) is 7.66. The molecule has 30 heavy (non-hydrogen) atoms. The van der Waals surface area contributed by atoms with Gasteiger partial charge in [0.05, 0.1) is 19.4 Å². The van der Waals surface area contributed by atoms with Crippen LogP contribution >= 0.6 is 0 Å². The summed E-state index contributed by atoms with van der Waals surface area (Å²) in [5.41, 5.74) is 3.17. The van der Waals surface area contributed by atoms with E-state index in [0.717, 1.165) is 18.1 Å². The summed E-state index contributed by atoms with van der Waals surface area (Å²) in [5, 5.41) is 0. The van der Waals surface area contributed by atoms with Crippen LogP contribution in [0.15, 0.2) is 24.5 Å². The predicted molar refractivity (Wildman–Crippen MR) is 117 cm³/mol. The Balaban J connectivity index is 1.42. The number of allylic oxidation sites excluding steroid dienone is 2. The van der Waals surface area contributed by atoms with Gasteiger partial charge in [0.25, 0.3) is 0 Å². The van der Waals surface area contributed by atoms with Crippen molar-refractivity contribution in [2.75, 3.05) is 13.2 Å². The van der Waals surface area contributed by atoms with Gasteiger partial charge in [0.2, 0.25) is 0 Å². The molecule has 1 aromatic rings. The molecule has 0 N–H and O–H groups in total. The number of carbonyl (C=O) groups is 1. The van der Waals surface area contributed by atoms with Crippen molar-refractivity contribution in [3.8, 4) is 5.75 Å². The van der Waals surface area contributed by atoms with Crippen molar-refractivity contribution in [3.63, 3.8) is 0 Å². The summed E-state index contributed by atoms with van der Waals surface area (Å²) in [6, 6.07) is 2.18. The second-order valence-corrected chi connectivity index (χ2v) is 10.5. The monoisotopic (exact) mass is 409 g/mol. The summed E-state index contributed by atoms with van der Waals surface area (Å²) in [6.45, 7) is 8.29. The molecule has 1 aromatic heterocycles. The number of ether oxygens (including phenoxy) is 2. The number of carbonyl (C=O) groups excluding carboxylic acids is 1. The molecule has 162 valence electrons. The van der Waals surface area contributed by atoms with Crippen LogP contribution in [0.4, 0.5) is 0 Å². The van der Waals surface area contributed by atoms with Crippen molar-refractivity contribution in [3.05, 3.63) is 30.1 Å². The molecule has 3 aliphatic carbocycles. The normalized spacial score (nSPS) is 40.4. The molecule has 3 fully saturated rings. The van der Waals surface area contributed by atoms with E-state index in [2.05, 4.69) is 31.0 Å². The Morgan fingerprint density at radius 1 is 1.17 bits per heavy atom. The zero-order valence-corrected chi connectivity index (χ0v) is 18.7. The summed E-state index contributed by atoms with van der Waals surface area (Å²) >= 11 is 0. The third-order valence-electron chi connectivity index (χ3n) is 9.29. The molecule has 4 nitrogen and oxygen atoms in total. The Morgan fingerprint density at radius 2 is 2.03 bits per heavy atom. The first-order chi connectivity index (χ1) is 14.5. The Kier molecular flexibility index (Phi) is 4.95. The molecular formula is C26H35NO3. The van der Waals surface area contributed by atoms with Gasteiger partial charge in [-0.15, -0.1) is 0 Å². The van der Waals surface area contributed by atoms with Crippen LogP contribution in [0.5, 0.6) is 5.75 Å². The van der Waals surface area contributed by atoms with Crippen LogP contribution in [0.2, 0.25) is 0 Å². The summed E-state index contributed by atoms with van der Waals surface area (Å²) in [6.07, 6.45) is 14.1. The summed E-state index contributed by atoms with van der Waals surface area (Å²) < 4.78 is 11.3. The molecule has 0 radical (unpaired) electrons. The van der Waals surface area contributed by atoms with Crippen molar-refractivity contribution in [1.29, 1.82) is 0 Å². The highest BCUT2D eigenvalue weighted by atomic mass is 16.5. The smallest absolute Gasteiger partial charge is 0.305 e. The van der Waals surface area contributed by atoms with E-state index in [9.17, 15) is 4.79 Å². The SMILES string of the molecule is CCOc1cncc(C2=CCC3C4CCC5COC(=O)CCC5(C)C4CCC23C)c1. The van der Waals surface area contributed by atoms with E-state index in [0.29, 0.717) is 37.4 Å². The summed E-state index contributed by atoms with van der Waals surface area (Å²) in [4.78, 5) is 16.5. The molecule has 5 rings (SSSR count). The fourth-order valence-corrected chi connectivity index (χ4v) is 7.66. The molecule has 2 heterocycles. The quantitative estimate of drug-likeness (QED) is 0.604. The van der Waals surface area contributed by atoms with Crippen molar-refractivity contribution < 1.29 is 14.3 Å². The van der Waals surface area contributed by atoms with Gasteiger partial charge in [0, 0.05) is 12.6 Å². The number of hydrogen-bond donors (Lipinski definition) is 0. The van der Waals surface area contributed by atoms with Crippen LogP contribution in [-0.4, -0.2) is 24.2 Å². The lowest BCUT2D eigenvalue weighted by Gasteiger charge is -2.58. The fraction of sp³-hybridized carbons (Fsp3) is 0.692. The molecule has 1 aliphatic heterocycles. The molecular weight excluding hydrogens is 374 g/mol. The lowest BCUT2D eigenvalue weighted by molar-refractivity contribution is -0.144. The van der Waals surface area contributed by atoms with Crippen molar-refractivity contribution in [1.82, 2.24) is 4.98 Å². The maximum absolute atomic E-state index is 12.0. The molecule has 0 bridgehead atoms. The minimum Gasteiger partial charge on any atom is -0.492 e. The average molecular weight is 410 g/mol. The number of fused-ring (bicyclic) bond motifs is 5. The molecule has 0 spiro atoms. The first-order valence-corrected chi connectivity index (χ1v) is 11.9. The predicted octanol–water partition coefficient (Wildman–Crippen LogP) is 5.67. The minimum absolute atomic E-state index is 0.00863. The van der Waals surface area contributed by atoms with E-state index in [-0.39, 0.29) is 16.8 Å². The first-order valence-electron chi connectivity index (χ1n) is 11.9. The highest BCUT2D eigenvalue weighted by Gasteiger charge is 2.58. The van der Waals surface area contributed by atoms with Crippen LogP contribution in [0.25, 0.3) is 5.57 Å². The lowest BCUT2D eigenvalue weighted by atomic mass is 9.46. The van der Waals surface area contributed by atoms with Gasteiger partial charge in [-0.3, -0.25) is 9.78 Å². The third kappa shape index (κ3) is 3.01. The third-order valence-corrected chi connectivity index (χ3v) is 9.29. The van der Waals surface area contributed by atoms with E-state index < -0.39 is 0 Å². The largest absolute Gasteiger partial charge is 0.492 e. The number of esters is 1. The Labute approximate surface area is 180 Å². The second kappa shape index (κ2) is 7.39. The van der Waals surface area contributed by atoms with Gasteiger partial charge in [-0.1, -0.05) is 19.9 Å². The molecule has 1 saturated heterocycles. The number of rotatable bonds is 3. The van der Waals surface area contributed by atoms with E-state index in [1.54, 1.807) is 0 Å². The first kappa shape index (κ1) is 20.1. The second-order valence-electron chi connectivity index (χ2n) is 10.5. The minimum atomic E-state index is 0.00863. The number of aromatic nitrogens is 1. The molecule has 0 aromatic carbocycles. The van der Waals surface area contributed by atoms with E-state index >= 15 is 0 Å². The molecule has 6 unspecified atom stereocenters. The highest BCUT2D eigenvalue weighted by molar-refractivity contribution is 5.73. The molecule has 6 atom stereocenters. The zero-order valence-electron chi connectivity index (χ0n) is 18.7. The zero-order chi connectivity index (χ0) is 20.9. The summed E-state index contributed by atoms with van der Waals surface area (Å²) in [7, 11) is 0. The highest BCUT2D eigenvalue weighted by Crippen LogP contribution is 2.66. The van der Waals surface area contributed by atoms with E-state index in [1.165, 1.54) is 43.2 Å². The van der Waals surface area contributed by atoms with Gasteiger partial charge >= 0.3 is 5.97 Å². The number of cyclic esters (lactones) is 1. The number of nitrogens with zero attached hydrogens (tertiary/aromatic N) is 1. The van der Waals surface area contributed by atoms with Crippen molar-refractivity contribution in [2.24, 2.45) is 34.5 Å². The van der Waals surface area contributed by atoms with Gasteiger partial charge in [-0.2, -0.15) is 0 Å². The topological polar surface area (TPSA) is 48.4 Å². The van der Waals surface area contributed by atoms with Crippen molar-refractivity contribution in [2.45, 2.75) is 65.7 Å². The maximum atomic E-state index is 12.0. The van der Waals surface area contributed by atoms with Crippen LogP contribution < -0.4 is 4.74 Å². The van der Waals surface area contributed by atoms with Crippen LogP contribution in [-0.2, 0) is 9.53 Å². The summed E-state index contributed by atoms with van der Waals surface area (Å²) in [5.74, 6) is 3.57. The van der Waals surface area contributed by atoms with Crippen molar-refractivity contribution >= 4 is 11.5 Å². The van der Waals surface area contributed by atoms with Crippen LogP contribution in [0.3, 0.4) is 0 Å². The number of hydrogen-bond acceptors (Lipinski definition) is 4. The van der Waals surface area contributed by atoms with Gasteiger partial charge in [0.1, 0.15) is 5.75 Å². The maximum Gasteiger partial charge on any atom is 0.305 e. The molecule has 4 heteroatoms. The van der Waals surface area contributed by atoms with Gasteiger partial charge < -0.3 is 9.47 Å². The van der Waals surface area contributed by atoms with Crippen LogP contribution in [0, 0.1) is 34.5 Å². The lowest BCUT2D eigenvalue weighted by Crippen LogP contribution is -2.51. The van der Waals surface area contributed by atoms with Gasteiger partial charge in [-0.05, 0) is 97.2 Å².